The van der Waals surface area contributed by atoms with Gasteiger partial charge in [0.1, 0.15) is 17.1 Å². The standard InChI is InChI=1S/C24H31FN4O4/c1-5-10-17(6-2)26-23(32)24(4)15-29-20(13-19(27-29)22(31)33-7-3)21(30)28(24)14-16-11-8-9-12-18(16)25/h8-9,11-13,17H,5-7,10,14-15H2,1-4H3,(H,26,32). The van der Waals surface area contributed by atoms with Crippen LogP contribution >= 0.6 is 0 Å². The fourth-order valence-electron chi connectivity index (χ4n) is 4.06. The molecule has 178 valence electrons. The SMILES string of the molecule is CCCC(CC)NC(=O)C1(C)Cn2nc(C(=O)OCC)cc2C(=O)N1Cc1ccccc1F. The lowest BCUT2D eigenvalue weighted by molar-refractivity contribution is -0.134. The van der Waals surface area contributed by atoms with E-state index in [2.05, 4.69) is 10.4 Å². The van der Waals surface area contributed by atoms with Gasteiger partial charge in [-0.2, -0.15) is 5.10 Å². The number of aromatic nitrogens is 2. The molecule has 8 nitrogen and oxygen atoms in total. The summed E-state index contributed by atoms with van der Waals surface area (Å²) >= 11 is 0. The number of fused-ring (bicyclic) bond motifs is 1. The Bertz CT molecular complexity index is 1040. The zero-order chi connectivity index (χ0) is 24.2. The Balaban J connectivity index is 2.02. The highest BCUT2D eigenvalue weighted by molar-refractivity contribution is 6.01. The van der Waals surface area contributed by atoms with Crippen LogP contribution in [0.2, 0.25) is 0 Å². The molecule has 1 aliphatic rings. The average Bonchev–Trinajstić information content (AvgIpc) is 3.21. The summed E-state index contributed by atoms with van der Waals surface area (Å²) in [5.74, 6) is -1.95. The molecule has 33 heavy (non-hydrogen) atoms. The molecule has 1 aromatic carbocycles. The lowest BCUT2D eigenvalue weighted by atomic mass is 9.93. The highest BCUT2D eigenvalue weighted by atomic mass is 19.1. The number of rotatable bonds is 9. The third kappa shape index (κ3) is 4.91. The van der Waals surface area contributed by atoms with Gasteiger partial charge in [-0.3, -0.25) is 14.3 Å². The van der Waals surface area contributed by atoms with Crippen molar-refractivity contribution in [2.75, 3.05) is 6.61 Å². The van der Waals surface area contributed by atoms with Gasteiger partial charge in [0, 0.05) is 17.7 Å². The number of amides is 2. The Kier molecular flexibility index (Phi) is 7.50. The first-order valence-electron chi connectivity index (χ1n) is 11.4. The van der Waals surface area contributed by atoms with E-state index >= 15 is 0 Å². The molecule has 2 atom stereocenters. The van der Waals surface area contributed by atoms with Crippen LogP contribution in [0.4, 0.5) is 4.39 Å². The monoisotopic (exact) mass is 458 g/mol. The number of hydrogen-bond acceptors (Lipinski definition) is 5. The average molecular weight is 459 g/mol. The van der Waals surface area contributed by atoms with Gasteiger partial charge in [-0.25, -0.2) is 9.18 Å². The van der Waals surface area contributed by atoms with E-state index in [4.69, 9.17) is 4.74 Å². The lowest BCUT2D eigenvalue weighted by Crippen LogP contribution is -2.64. The van der Waals surface area contributed by atoms with E-state index in [1.807, 2.05) is 13.8 Å². The highest BCUT2D eigenvalue weighted by Gasteiger charge is 2.48. The molecule has 0 spiro atoms. The predicted octanol–water partition coefficient (Wildman–Crippen LogP) is 3.31. The first kappa shape index (κ1) is 24.4. The fourth-order valence-corrected chi connectivity index (χ4v) is 4.06. The molecule has 9 heteroatoms. The number of carbonyl (C=O) groups excluding carboxylic acids is 3. The van der Waals surface area contributed by atoms with Crippen LogP contribution in [0.3, 0.4) is 0 Å². The molecule has 0 aliphatic carbocycles. The minimum absolute atomic E-state index is 0.00637. The van der Waals surface area contributed by atoms with Crippen LogP contribution in [0.1, 0.15) is 73.5 Å². The van der Waals surface area contributed by atoms with Gasteiger partial charge in [0.05, 0.1) is 19.7 Å². The van der Waals surface area contributed by atoms with Gasteiger partial charge in [-0.15, -0.1) is 0 Å². The number of nitrogens with zero attached hydrogens (tertiary/aromatic N) is 3. The molecular weight excluding hydrogens is 427 g/mol. The summed E-state index contributed by atoms with van der Waals surface area (Å²) in [5, 5.41) is 7.28. The second-order valence-corrected chi connectivity index (χ2v) is 8.42. The summed E-state index contributed by atoms with van der Waals surface area (Å²) in [6, 6.07) is 7.47. The van der Waals surface area contributed by atoms with Crippen molar-refractivity contribution < 1.29 is 23.5 Å². The molecule has 0 saturated carbocycles. The normalized spacial score (nSPS) is 18.6. The first-order valence-corrected chi connectivity index (χ1v) is 11.4. The first-order chi connectivity index (χ1) is 15.7. The molecule has 0 radical (unpaired) electrons. The van der Waals surface area contributed by atoms with Gasteiger partial charge in [0.2, 0.25) is 5.91 Å². The molecule has 1 aliphatic heterocycles. The van der Waals surface area contributed by atoms with E-state index in [1.54, 1.807) is 32.0 Å². The fraction of sp³-hybridized carbons (Fsp3) is 0.500. The third-order valence-electron chi connectivity index (χ3n) is 6.02. The molecule has 1 aromatic heterocycles. The maximum Gasteiger partial charge on any atom is 0.358 e. The maximum atomic E-state index is 14.5. The second kappa shape index (κ2) is 10.1. The van der Waals surface area contributed by atoms with Crippen LogP contribution in [0, 0.1) is 5.82 Å². The van der Waals surface area contributed by atoms with Crippen LogP contribution in [0.15, 0.2) is 30.3 Å². The molecule has 0 fully saturated rings. The Morgan fingerprint density at radius 3 is 2.64 bits per heavy atom. The summed E-state index contributed by atoms with van der Waals surface area (Å²) in [6.07, 6.45) is 2.45. The Labute approximate surface area is 193 Å². The number of halogens is 1. The van der Waals surface area contributed by atoms with Crippen molar-refractivity contribution in [1.29, 1.82) is 0 Å². The van der Waals surface area contributed by atoms with Crippen molar-refractivity contribution in [2.24, 2.45) is 0 Å². The van der Waals surface area contributed by atoms with Crippen LogP contribution in [0.25, 0.3) is 0 Å². The molecule has 3 rings (SSSR count). The van der Waals surface area contributed by atoms with Gasteiger partial charge in [0.15, 0.2) is 5.69 Å². The zero-order valence-corrected chi connectivity index (χ0v) is 19.6. The summed E-state index contributed by atoms with van der Waals surface area (Å²) in [6.45, 7) is 7.45. The topological polar surface area (TPSA) is 93.5 Å². The molecule has 2 unspecified atom stereocenters. The van der Waals surface area contributed by atoms with Gasteiger partial charge in [0.25, 0.3) is 5.91 Å². The van der Waals surface area contributed by atoms with Crippen LogP contribution in [-0.2, 0) is 22.6 Å². The van der Waals surface area contributed by atoms with Crippen molar-refractivity contribution >= 4 is 17.8 Å². The van der Waals surface area contributed by atoms with Gasteiger partial charge < -0.3 is 15.0 Å². The van der Waals surface area contributed by atoms with Crippen molar-refractivity contribution in [3.05, 3.63) is 53.1 Å². The summed E-state index contributed by atoms with van der Waals surface area (Å²) < 4.78 is 20.8. The Morgan fingerprint density at radius 1 is 1.27 bits per heavy atom. The van der Waals surface area contributed by atoms with Gasteiger partial charge in [-0.05, 0) is 32.8 Å². The minimum atomic E-state index is -1.34. The Hall–Kier alpha value is -3.23. The van der Waals surface area contributed by atoms with Crippen LogP contribution < -0.4 is 5.32 Å². The number of nitrogens with one attached hydrogen (secondary N) is 1. The summed E-state index contributed by atoms with van der Waals surface area (Å²) in [7, 11) is 0. The number of carbonyl (C=O) groups is 3. The minimum Gasteiger partial charge on any atom is -0.461 e. The second-order valence-electron chi connectivity index (χ2n) is 8.42. The van der Waals surface area contributed by atoms with Crippen molar-refractivity contribution in [1.82, 2.24) is 20.0 Å². The van der Waals surface area contributed by atoms with E-state index in [1.165, 1.54) is 21.7 Å². The number of esters is 1. The van der Waals surface area contributed by atoms with Crippen molar-refractivity contribution in [3.8, 4) is 0 Å². The maximum absolute atomic E-state index is 14.5. The highest BCUT2D eigenvalue weighted by Crippen LogP contribution is 2.30. The molecule has 2 heterocycles. The molecule has 1 N–H and O–H groups in total. The zero-order valence-electron chi connectivity index (χ0n) is 19.6. The number of ether oxygens (including phenoxy) is 1. The van der Waals surface area contributed by atoms with E-state index in [9.17, 15) is 18.8 Å². The predicted molar refractivity (Wildman–Crippen MR) is 120 cm³/mol. The molecule has 2 amide bonds. The van der Waals surface area contributed by atoms with E-state index < -0.39 is 23.2 Å². The van der Waals surface area contributed by atoms with Crippen molar-refractivity contribution in [3.63, 3.8) is 0 Å². The number of benzene rings is 1. The van der Waals surface area contributed by atoms with Crippen LogP contribution in [0.5, 0.6) is 0 Å². The largest absolute Gasteiger partial charge is 0.461 e. The molecule has 0 bridgehead atoms. The molecule has 2 aromatic rings. The third-order valence-corrected chi connectivity index (χ3v) is 6.02. The lowest BCUT2D eigenvalue weighted by Gasteiger charge is -2.43. The molecular formula is C24H31FN4O4. The number of hydrogen-bond donors (Lipinski definition) is 1. The van der Waals surface area contributed by atoms with Crippen LogP contribution in [-0.4, -0.2) is 50.7 Å². The quantitative estimate of drug-likeness (QED) is 0.582. The van der Waals surface area contributed by atoms with Gasteiger partial charge >= 0.3 is 5.97 Å². The van der Waals surface area contributed by atoms with E-state index in [-0.39, 0.29) is 43.0 Å². The summed E-state index contributed by atoms with van der Waals surface area (Å²) in [4.78, 5) is 40.6. The van der Waals surface area contributed by atoms with E-state index in [0.29, 0.717) is 5.56 Å². The van der Waals surface area contributed by atoms with Crippen molar-refractivity contribution in [2.45, 2.75) is 71.6 Å². The van der Waals surface area contributed by atoms with Gasteiger partial charge in [-0.1, -0.05) is 38.5 Å². The molecule has 0 saturated heterocycles. The van der Waals surface area contributed by atoms with E-state index in [0.717, 1.165) is 19.3 Å². The summed E-state index contributed by atoms with van der Waals surface area (Å²) in [5.41, 5.74) is -0.900. The smallest absolute Gasteiger partial charge is 0.358 e. The Morgan fingerprint density at radius 2 is 2.00 bits per heavy atom.